The average Bonchev–Trinajstić information content (AvgIpc) is 2.07. The van der Waals surface area contributed by atoms with E-state index in [1.54, 1.807) is 0 Å². The molecule has 0 saturated carbocycles. The monoisotopic (exact) mass is 422 g/mol. The molecule has 0 amide bonds. The molecule has 1 fully saturated rings. The van der Waals surface area contributed by atoms with E-state index < -0.39 is 57.7 Å². The molecular formula is C2F6N2O8S4. The zero-order chi connectivity index (χ0) is 18.2. The van der Waals surface area contributed by atoms with Crippen molar-refractivity contribution in [2.45, 2.75) is 11.0 Å². The van der Waals surface area contributed by atoms with Crippen molar-refractivity contribution in [2.75, 3.05) is 0 Å². The molecular weight excluding hydrogens is 422 g/mol. The average molecular weight is 422 g/mol. The standard InChI is InChI=1S/C2F6N2O8S4/c3-1(4,5)19(11,12)9-21(15,16)10(22(9,17)18)20(13,14)2(6,7)8. The number of alkyl halides is 6. The van der Waals surface area contributed by atoms with Crippen LogP contribution < -0.4 is 0 Å². The third-order valence-corrected chi connectivity index (χ3v) is 12.1. The molecule has 1 saturated heterocycles. The van der Waals surface area contributed by atoms with Gasteiger partial charge in [-0.1, -0.05) is 0 Å². The van der Waals surface area contributed by atoms with E-state index in [-0.39, 0.29) is 0 Å². The minimum absolute atomic E-state index is 2.36. The molecule has 1 rings (SSSR count). The molecule has 0 atom stereocenters. The lowest BCUT2D eigenvalue weighted by atomic mass is 11.6. The highest BCUT2D eigenvalue weighted by Gasteiger charge is 2.77. The molecule has 132 valence electrons. The zero-order valence-corrected chi connectivity index (χ0v) is 12.3. The lowest BCUT2D eigenvalue weighted by Crippen LogP contribution is -2.70. The van der Waals surface area contributed by atoms with Crippen molar-refractivity contribution in [3.63, 3.8) is 0 Å². The summed E-state index contributed by atoms with van der Waals surface area (Å²) >= 11 is 0. The summed E-state index contributed by atoms with van der Waals surface area (Å²) < 4.78 is 155. The molecule has 0 spiro atoms. The maximum Gasteiger partial charge on any atom is 0.513 e. The number of nitrogens with zero attached hydrogens (tertiary/aromatic N) is 2. The fourth-order valence-corrected chi connectivity index (χ4v) is 10.4. The summed E-state index contributed by atoms with van der Waals surface area (Å²) in [6.45, 7) is 0. The summed E-state index contributed by atoms with van der Waals surface area (Å²) in [4.78, 5) is 0. The normalized spacial score (nSPS) is 23.9. The summed E-state index contributed by atoms with van der Waals surface area (Å²) in [5.41, 5.74) is -13.1. The van der Waals surface area contributed by atoms with Crippen LogP contribution in [0.5, 0.6) is 0 Å². The van der Waals surface area contributed by atoms with Gasteiger partial charge in [0.05, 0.1) is 6.23 Å². The Hall–Kier alpha value is -0.700. The highest BCUT2D eigenvalue weighted by molar-refractivity contribution is 8.32. The highest BCUT2D eigenvalue weighted by Crippen LogP contribution is 2.45. The Morgan fingerprint density at radius 3 is 0.909 bits per heavy atom. The van der Waals surface area contributed by atoms with Gasteiger partial charge in [0.15, 0.2) is 0 Å². The van der Waals surface area contributed by atoms with E-state index in [4.69, 9.17) is 0 Å². The molecule has 10 nitrogen and oxygen atoms in total. The number of hydrogen-bond acceptors (Lipinski definition) is 8. The number of rotatable bonds is 2. The maximum atomic E-state index is 12.1. The van der Waals surface area contributed by atoms with Crippen molar-refractivity contribution in [1.82, 2.24) is 6.23 Å². The third kappa shape index (κ3) is 2.28. The van der Waals surface area contributed by atoms with Gasteiger partial charge in [0.25, 0.3) is 0 Å². The second-order valence-corrected chi connectivity index (χ2v) is 11.4. The zero-order valence-electron chi connectivity index (χ0n) is 9.06. The fourth-order valence-electron chi connectivity index (χ4n) is 0.988. The van der Waals surface area contributed by atoms with Crippen LogP contribution in [0.25, 0.3) is 0 Å². The first-order chi connectivity index (χ1) is 9.23. The molecule has 0 aliphatic carbocycles. The molecule has 22 heavy (non-hydrogen) atoms. The van der Waals surface area contributed by atoms with Gasteiger partial charge in [0.1, 0.15) is 0 Å². The van der Waals surface area contributed by atoms with E-state index in [1.807, 2.05) is 0 Å². The van der Waals surface area contributed by atoms with Gasteiger partial charge in [0, 0.05) is 0 Å². The van der Waals surface area contributed by atoms with Crippen LogP contribution in [0.1, 0.15) is 0 Å². The lowest BCUT2D eigenvalue weighted by Gasteiger charge is -2.36. The van der Waals surface area contributed by atoms with Crippen LogP contribution in [0.3, 0.4) is 0 Å². The second-order valence-electron chi connectivity index (χ2n) is 3.18. The Labute approximate surface area is 118 Å². The Bertz CT molecular complexity index is 806. The molecule has 0 aromatic rings. The first-order valence-corrected chi connectivity index (χ1v) is 9.64. The van der Waals surface area contributed by atoms with Crippen LogP contribution in [0.2, 0.25) is 0 Å². The first kappa shape index (κ1) is 19.3. The molecule has 1 heterocycles. The molecule has 0 unspecified atom stereocenters. The molecule has 0 N–H and O–H groups in total. The SMILES string of the molecule is O=S1(=O)N(S(=O)(=O)C(F)(F)F)S(=O)(=O)N1S(=O)(=O)C(F)(F)F. The van der Waals surface area contributed by atoms with Gasteiger partial charge in [-0.3, -0.25) is 0 Å². The van der Waals surface area contributed by atoms with Gasteiger partial charge in [-0.25, -0.2) is 16.8 Å². The van der Waals surface area contributed by atoms with Gasteiger partial charge < -0.3 is 0 Å². The summed E-state index contributed by atoms with van der Waals surface area (Å²) in [6, 6.07) is 0. The van der Waals surface area contributed by atoms with Crippen LogP contribution in [0.4, 0.5) is 26.3 Å². The van der Waals surface area contributed by atoms with Gasteiger partial charge in [-0.05, 0) is 0 Å². The predicted molar refractivity (Wildman–Crippen MR) is 51.5 cm³/mol. The third-order valence-electron chi connectivity index (χ3n) is 1.73. The smallest absolute Gasteiger partial charge is 0.200 e. The topological polar surface area (TPSA) is 143 Å². The fraction of sp³-hybridized carbons (Fsp3) is 1.00. The van der Waals surface area contributed by atoms with Gasteiger partial charge in [0.2, 0.25) is 0 Å². The van der Waals surface area contributed by atoms with Crippen molar-refractivity contribution in [3.05, 3.63) is 0 Å². The van der Waals surface area contributed by atoms with Crippen LogP contribution >= 0.6 is 0 Å². The molecule has 1 aliphatic rings. The van der Waals surface area contributed by atoms with Crippen LogP contribution in [0, 0.1) is 0 Å². The number of halogens is 6. The number of sulfonamides is 2. The summed E-state index contributed by atoms with van der Waals surface area (Å²) in [7, 11) is -27.8. The van der Waals surface area contributed by atoms with Crippen LogP contribution in [-0.4, -0.2) is 50.9 Å². The molecule has 20 heteroatoms. The molecule has 0 aromatic carbocycles. The first-order valence-electron chi connectivity index (χ1n) is 3.97. The summed E-state index contributed by atoms with van der Waals surface area (Å²) in [5.74, 6) is 0. The van der Waals surface area contributed by atoms with E-state index >= 15 is 0 Å². The van der Waals surface area contributed by atoms with Crippen molar-refractivity contribution in [2.24, 2.45) is 0 Å². The summed E-state index contributed by atoms with van der Waals surface area (Å²) in [6.07, 6.45) is 0. The minimum Gasteiger partial charge on any atom is -0.200 e. The van der Waals surface area contributed by atoms with Crippen molar-refractivity contribution < 1.29 is 60.0 Å². The van der Waals surface area contributed by atoms with Crippen molar-refractivity contribution in [3.8, 4) is 0 Å². The van der Waals surface area contributed by atoms with Gasteiger partial charge >= 0.3 is 51.5 Å². The second kappa shape index (κ2) is 4.43. The minimum atomic E-state index is -7.21. The Kier molecular flexibility index (Phi) is 3.90. The van der Waals surface area contributed by atoms with E-state index in [2.05, 4.69) is 0 Å². The molecule has 0 aromatic heterocycles. The van der Waals surface area contributed by atoms with E-state index in [9.17, 15) is 60.0 Å². The predicted octanol–water partition coefficient (Wildman–Crippen LogP) is -1.21. The molecule has 1 aliphatic heterocycles. The van der Waals surface area contributed by atoms with E-state index in [1.165, 1.54) is 0 Å². The largest absolute Gasteiger partial charge is 0.513 e. The van der Waals surface area contributed by atoms with Crippen molar-refractivity contribution >= 4 is 40.5 Å². The van der Waals surface area contributed by atoms with Crippen LogP contribution in [-0.2, 0) is 40.5 Å². The Balaban J connectivity index is 3.70. The Morgan fingerprint density at radius 2 is 0.773 bits per heavy atom. The number of hydrogen-bond donors (Lipinski definition) is 0. The maximum absolute atomic E-state index is 12.1. The molecule has 0 bridgehead atoms. The Morgan fingerprint density at radius 1 is 0.591 bits per heavy atom. The van der Waals surface area contributed by atoms with Gasteiger partial charge in [-0.15, -0.1) is 0 Å². The van der Waals surface area contributed by atoms with E-state index in [0.717, 1.165) is 0 Å². The summed E-state index contributed by atoms with van der Waals surface area (Å²) in [5, 5.41) is 0. The van der Waals surface area contributed by atoms with E-state index in [0.29, 0.717) is 0 Å². The quantitative estimate of drug-likeness (QED) is 0.505. The lowest BCUT2D eigenvalue weighted by molar-refractivity contribution is -0.0468. The van der Waals surface area contributed by atoms with Gasteiger partial charge in [-0.2, -0.15) is 43.2 Å². The van der Waals surface area contributed by atoms with Crippen LogP contribution in [0.15, 0.2) is 0 Å². The molecule has 0 radical (unpaired) electrons. The highest BCUT2D eigenvalue weighted by atomic mass is 32.4. The van der Waals surface area contributed by atoms with Crippen molar-refractivity contribution in [1.29, 1.82) is 0 Å².